The Balaban J connectivity index is 2.56. The monoisotopic (exact) mass is 380 g/mol. The van der Waals surface area contributed by atoms with Crippen molar-refractivity contribution < 1.29 is 14.3 Å². The van der Waals surface area contributed by atoms with E-state index >= 15 is 0 Å². The summed E-state index contributed by atoms with van der Waals surface area (Å²) >= 11 is 0. The van der Waals surface area contributed by atoms with Gasteiger partial charge in [-0.3, -0.25) is 4.79 Å². The Morgan fingerprint density at radius 1 is 0.786 bits per heavy atom. The van der Waals surface area contributed by atoms with Crippen molar-refractivity contribution in [2.75, 3.05) is 6.61 Å². The van der Waals surface area contributed by atoms with E-state index in [4.69, 9.17) is 4.74 Å². The summed E-state index contributed by atoms with van der Waals surface area (Å²) in [6, 6.07) is 11.1. The van der Waals surface area contributed by atoms with Crippen LogP contribution < -0.4 is 0 Å². The Morgan fingerprint density at radius 2 is 1.25 bits per heavy atom. The van der Waals surface area contributed by atoms with Gasteiger partial charge >= 0.3 is 5.97 Å². The van der Waals surface area contributed by atoms with Crippen molar-refractivity contribution in [2.45, 2.75) is 66.2 Å². The van der Waals surface area contributed by atoms with Crippen LogP contribution in [0.2, 0.25) is 0 Å². The second-order valence-corrected chi connectivity index (χ2v) is 8.17. The molecule has 0 aliphatic carbocycles. The van der Waals surface area contributed by atoms with Crippen LogP contribution in [0.15, 0.2) is 36.4 Å². The van der Waals surface area contributed by atoms with Gasteiger partial charge in [-0.25, -0.2) is 4.79 Å². The molecule has 3 nitrogen and oxygen atoms in total. The maximum Gasteiger partial charge on any atom is 0.338 e. The Bertz CT molecular complexity index is 814. The average Bonchev–Trinajstić information content (AvgIpc) is 2.66. The van der Waals surface area contributed by atoms with E-state index < -0.39 is 0 Å². The Kier molecular flexibility index (Phi) is 7.17. The van der Waals surface area contributed by atoms with Gasteiger partial charge in [-0.2, -0.15) is 0 Å². The van der Waals surface area contributed by atoms with Crippen LogP contribution in [0.5, 0.6) is 0 Å². The van der Waals surface area contributed by atoms with E-state index in [1.54, 1.807) is 31.2 Å². The van der Waals surface area contributed by atoms with Crippen LogP contribution in [0, 0.1) is 0 Å². The molecule has 0 radical (unpaired) electrons. The number of ether oxygens (including phenoxy) is 1. The fourth-order valence-electron chi connectivity index (χ4n) is 3.33. The fourth-order valence-corrected chi connectivity index (χ4v) is 3.33. The lowest BCUT2D eigenvalue weighted by Crippen LogP contribution is -2.13. The molecule has 150 valence electrons. The molecule has 0 heterocycles. The molecule has 0 fully saturated rings. The van der Waals surface area contributed by atoms with Crippen LogP contribution in [0.4, 0.5) is 0 Å². The van der Waals surface area contributed by atoms with Gasteiger partial charge in [-0.1, -0.05) is 65.8 Å². The third kappa shape index (κ3) is 4.70. The second kappa shape index (κ2) is 9.18. The molecule has 0 atom stereocenters. The van der Waals surface area contributed by atoms with Gasteiger partial charge in [-0.15, -0.1) is 0 Å². The average molecular weight is 381 g/mol. The van der Waals surface area contributed by atoms with Crippen molar-refractivity contribution >= 4 is 11.8 Å². The molecule has 0 aromatic heterocycles. The van der Waals surface area contributed by atoms with E-state index in [0.29, 0.717) is 23.7 Å². The van der Waals surface area contributed by atoms with Crippen molar-refractivity contribution in [2.24, 2.45) is 0 Å². The maximum atomic E-state index is 13.5. The highest BCUT2D eigenvalue weighted by Gasteiger charge is 2.23. The number of hydrogen-bond acceptors (Lipinski definition) is 3. The Labute approximate surface area is 169 Å². The summed E-state index contributed by atoms with van der Waals surface area (Å²) in [5.74, 6) is 0.539. The molecule has 28 heavy (non-hydrogen) atoms. The molecule has 0 unspecified atom stereocenters. The van der Waals surface area contributed by atoms with Crippen LogP contribution in [0.3, 0.4) is 0 Å². The van der Waals surface area contributed by atoms with Crippen LogP contribution >= 0.6 is 0 Å². The number of carbonyl (C=O) groups excluding carboxylic acids is 2. The van der Waals surface area contributed by atoms with Gasteiger partial charge in [0.2, 0.25) is 0 Å². The predicted octanol–water partition coefficient (Wildman–Crippen LogP) is 6.46. The zero-order valence-corrected chi connectivity index (χ0v) is 18.1. The maximum absolute atomic E-state index is 13.5. The van der Waals surface area contributed by atoms with E-state index in [1.807, 2.05) is 0 Å². The highest BCUT2D eigenvalue weighted by atomic mass is 16.5. The topological polar surface area (TPSA) is 43.4 Å². The van der Waals surface area contributed by atoms with Crippen LogP contribution in [-0.2, 0) is 4.74 Å². The number of ketones is 1. The lowest BCUT2D eigenvalue weighted by Gasteiger charge is -2.22. The van der Waals surface area contributed by atoms with Gasteiger partial charge in [0.1, 0.15) is 0 Å². The zero-order chi connectivity index (χ0) is 21.0. The molecule has 2 aromatic carbocycles. The van der Waals surface area contributed by atoms with Gasteiger partial charge < -0.3 is 4.74 Å². The van der Waals surface area contributed by atoms with Crippen molar-refractivity contribution in [1.29, 1.82) is 0 Å². The summed E-state index contributed by atoms with van der Waals surface area (Å²) in [6.45, 7) is 15.0. The van der Waals surface area contributed by atoms with Gasteiger partial charge in [0, 0.05) is 11.1 Å². The number of benzene rings is 2. The minimum absolute atomic E-state index is 0.0121. The molecule has 3 heteroatoms. The molecular formula is C25H32O3. The predicted molar refractivity (Wildman–Crippen MR) is 115 cm³/mol. The van der Waals surface area contributed by atoms with Crippen LogP contribution in [0.1, 0.15) is 109 Å². The quantitative estimate of drug-likeness (QED) is 0.409. The highest BCUT2D eigenvalue weighted by Crippen LogP contribution is 2.33. The first-order valence-corrected chi connectivity index (χ1v) is 10.2. The van der Waals surface area contributed by atoms with E-state index in [0.717, 1.165) is 16.7 Å². The minimum Gasteiger partial charge on any atom is -0.462 e. The van der Waals surface area contributed by atoms with Crippen molar-refractivity contribution in [3.63, 3.8) is 0 Å². The molecule has 0 bridgehead atoms. The molecule has 0 amide bonds. The summed E-state index contributed by atoms with van der Waals surface area (Å²) in [5.41, 5.74) is 5.31. The van der Waals surface area contributed by atoms with E-state index in [9.17, 15) is 9.59 Å². The molecule has 0 N–H and O–H groups in total. The fraction of sp³-hybridized carbons (Fsp3) is 0.440. The first-order valence-electron chi connectivity index (χ1n) is 10.2. The second-order valence-electron chi connectivity index (χ2n) is 8.17. The molecule has 0 spiro atoms. The lowest BCUT2D eigenvalue weighted by molar-refractivity contribution is 0.0526. The smallest absolute Gasteiger partial charge is 0.338 e. The Hall–Kier alpha value is -2.42. The zero-order valence-electron chi connectivity index (χ0n) is 18.1. The largest absolute Gasteiger partial charge is 0.462 e. The standard InChI is InChI=1S/C25H32O3/c1-8-28-25(27)19-11-9-18(10-12-19)24(26)23-21(16(4)5)13-20(15(2)3)14-22(23)17(6)7/h9-17H,8H2,1-7H3. The van der Waals surface area contributed by atoms with E-state index in [2.05, 4.69) is 53.7 Å². The third-order valence-corrected chi connectivity index (χ3v) is 5.02. The molecule has 2 aromatic rings. The van der Waals surface area contributed by atoms with Crippen LogP contribution in [-0.4, -0.2) is 18.4 Å². The summed E-state index contributed by atoms with van der Waals surface area (Å²) in [5, 5.41) is 0. The molecule has 0 saturated carbocycles. The number of rotatable bonds is 7. The van der Waals surface area contributed by atoms with Crippen molar-refractivity contribution in [3.8, 4) is 0 Å². The van der Waals surface area contributed by atoms with Crippen molar-refractivity contribution in [1.82, 2.24) is 0 Å². The minimum atomic E-state index is -0.367. The number of esters is 1. The van der Waals surface area contributed by atoms with Gasteiger partial charge in [0.15, 0.2) is 5.78 Å². The van der Waals surface area contributed by atoms with Crippen molar-refractivity contribution in [3.05, 3.63) is 69.8 Å². The normalized spacial score (nSPS) is 11.4. The third-order valence-electron chi connectivity index (χ3n) is 5.02. The molecule has 2 rings (SSSR count). The molecule has 0 aliphatic heterocycles. The van der Waals surface area contributed by atoms with Gasteiger partial charge in [0.25, 0.3) is 0 Å². The molecule has 0 aliphatic rings. The highest BCUT2D eigenvalue weighted by molar-refractivity contribution is 6.11. The SMILES string of the molecule is CCOC(=O)c1ccc(C(=O)c2c(C(C)C)cc(C(C)C)cc2C(C)C)cc1. The van der Waals surface area contributed by atoms with E-state index in [1.165, 1.54) is 5.56 Å². The Morgan fingerprint density at radius 3 is 1.64 bits per heavy atom. The first kappa shape index (κ1) is 21.9. The van der Waals surface area contributed by atoms with Gasteiger partial charge in [-0.05, 0) is 53.5 Å². The first-order chi connectivity index (χ1) is 13.2. The molecule has 0 saturated heterocycles. The summed E-state index contributed by atoms with van der Waals surface area (Å²) < 4.78 is 5.03. The van der Waals surface area contributed by atoms with E-state index in [-0.39, 0.29) is 23.6 Å². The van der Waals surface area contributed by atoms with Gasteiger partial charge in [0.05, 0.1) is 12.2 Å². The number of hydrogen-bond donors (Lipinski definition) is 0. The lowest BCUT2D eigenvalue weighted by atomic mass is 9.81. The summed E-state index contributed by atoms with van der Waals surface area (Å²) in [6.07, 6.45) is 0. The number of carbonyl (C=O) groups is 2. The van der Waals surface area contributed by atoms with Crippen LogP contribution in [0.25, 0.3) is 0 Å². The summed E-state index contributed by atoms with van der Waals surface area (Å²) in [4.78, 5) is 25.3. The summed E-state index contributed by atoms with van der Waals surface area (Å²) in [7, 11) is 0. The molecular weight excluding hydrogens is 348 g/mol.